The number of esters is 1. The fourth-order valence-electron chi connectivity index (χ4n) is 4.73. The molecular formula is C28H43NO3. The summed E-state index contributed by atoms with van der Waals surface area (Å²) in [5, 5.41) is 9.01. The van der Waals surface area contributed by atoms with Gasteiger partial charge in [-0.1, -0.05) is 55.4 Å². The Bertz CT molecular complexity index is 782. The molecule has 1 unspecified atom stereocenters. The number of rotatable bonds is 10. The van der Waals surface area contributed by atoms with E-state index in [1.165, 1.54) is 36.0 Å². The molecule has 4 heteroatoms. The molecule has 1 N–H and O–H groups in total. The van der Waals surface area contributed by atoms with Crippen molar-refractivity contribution in [1.29, 1.82) is 0 Å². The third-order valence-electron chi connectivity index (χ3n) is 6.68. The second-order valence-electron chi connectivity index (χ2n) is 10.1. The molecule has 0 spiro atoms. The molecule has 1 aliphatic heterocycles. The summed E-state index contributed by atoms with van der Waals surface area (Å²) in [6.07, 6.45) is 17.8. The first-order valence-electron chi connectivity index (χ1n) is 12.1. The van der Waals surface area contributed by atoms with Gasteiger partial charge in [-0.2, -0.15) is 0 Å². The molecule has 178 valence electrons. The Morgan fingerprint density at radius 2 is 2.03 bits per heavy atom. The van der Waals surface area contributed by atoms with Crippen LogP contribution < -0.4 is 0 Å². The zero-order chi connectivity index (χ0) is 23.6. The van der Waals surface area contributed by atoms with Crippen LogP contribution in [0.2, 0.25) is 0 Å². The summed E-state index contributed by atoms with van der Waals surface area (Å²) in [4.78, 5) is 14.3. The van der Waals surface area contributed by atoms with Gasteiger partial charge in [0.15, 0.2) is 0 Å². The summed E-state index contributed by atoms with van der Waals surface area (Å²) in [6, 6.07) is 0. The molecule has 1 saturated heterocycles. The van der Waals surface area contributed by atoms with Gasteiger partial charge in [-0.3, -0.25) is 0 Å². The number of β-amino-alcohol motifs (C(OH)–C–C–N with tert-alkyl or cyclic N) is 1. The van der Waals surface area contributed by atoms with E-state index in [1.54, 1.807) is 6.08 Å². The van der Waals surface area contributed by atoms with E-state index in [1.807, 2.05) is 19.1 Å². The largest absolute Gasteiger partial charge is 0.463 e. The molecule has 1 aliphatic carbocycles. The number of aliphatic hydroxyl groups is 1. The monoisotopic (exact) mass is 441 g/mol. The van der Waals surface area contributed by atoms with Gasteiger partial charge < -0.3 is 14.7 Å². The van der Waals surface area contributed by atoms with Crippen molar-refractivity contribution >= 4 is 5.97 Å². The number of aliphatic hydroxyl groups excluding tert-OH is 1. The standard InChI is InChI=1S/C28H43NO3/c1-22(11-12-26-24(3)10-7-15-28(26,4)5)8-6-9-23(2)20-27(31)32-19-14-25-13-16-29(21-25)17-18-30/h6,8-9,11-12,20,25,30H,7,10,13-19,21H2,1-5H3/b9-6+,12-11+,22-8+,23-20+. The highest BCUT2D eigenvalue weighted by Gasteiger charge is 2.26. The van der Waals surface area contributed by atoms with Gasteiger partial charge in [0, 0.05) is 19.2 Å². The van der Waals surface area contributed by atoms with Gasteiger partial charge in [0.2, 0.25) is 0 Å². The number of nitrogens with zero attached hydrogens (tertiary/aromatic N) is 1. The van der Waals surface area contributed by atoms with E-state index in [4.69, 9.17) is 9.84 Å². The Morgan fingerprint density at radius 3 is 2.75 bits per heavy atom. The van der Waals surface area contributed by atoms with Crippen molar-refractivity contribution in [1.82, 2.24) is 4.90 Å². The third-order valence-corrected chi connectivity index (χ3v) is 6.68. The number of carbonyl (C=O) groups excluding carboxylic acids is 1. The van der Waals surface area contributed by atoms with E-state index >= 15 is 0 Å². The SMILES string of the molecule is CC1=C(/C=C/C(C)=C/C=C/C(C)=C/C(=O)OCCC2CCN(CCO)C2)C(C)(C)CCC1. The van der Waals surface area contributed by atoms with Crippen LogP contribution in [0.1, 0.15) is 66.7 Å². The second kappa shape index (κ2) is 13.0. The minimum absolute atomic E-state index is 0.209. The summed E-state index contributed by atoms with van der Waals surface area (Å²) >= 11 is 0. The first-order chi connectivity index (χ1) is 15.2. The van der Waals surface area contributed by atoms with Crippen molar-refractivity contribution in [3.63, 3.8) is 0 Å². The smallest absolute Gasteiger partial charge is 0.331 e. The molecule has 4 nitrogen and oxygen atoms in total. The summed E-state index contributed by atoms with van der Waals surface area (Å²) < 4.78 is 5.38. The van der Waals surface area contributed by atoms with E-state index in [0.29, 0.717) is 12.5 Å². The lowest BCUT2D eigenvalue weighted by molar-refractivity contribution is -0.138. The molecule has 0 saturated carbocycles. The topological polar surface area (TPSA) is 49.8 Å². The minimum Gasteiger partial charge on any atom is -0.463 e. The Labute approximate surface area is 195 Å². The fraction of sp³-hybridized carbons (Fsp3) is 0.607. The van der Waals surface area contributed by atoms with Gasteiger partial charge in [-0.05, 0) is 81.9 Å². The highest BCUT2D eigenvalue weighted by molar-refractivity contribution is 5.83. The van der Waals surface area contributed by atoms with Gasteiger partial charge >= 0.3 is 5.97 Å². The van der Waals surface area contributed by atoms with Crippen LogP contribution in [-0.4, -0.2) is 48.8 Å². The first kappa shape index (κ1) is 26.3. The van der Waals surface area contributed by atoms with Crippen LogP contribution in [0, 0.1) is 11.3 Å². The Morgan fingerprint density at radius 1 is 1.25 bits per heavy atom. The normalized spacial score (nSPS) is 23.0. The Hall–Kier alpha value is -1.91. The molecule has 1 atom stereocenters. The van der Waals surface area contributed by atoms with Crippen LogP contribution in [0.25, 0.3) is 0 Å². The lowest BCUT2D eigenvalue weighted by Gasteiger charge is -2.32. The van der Waals surface area contributed by atoms with E-state index in [-0.39, 0.29) is 18.0 Å². The molecule has 0 aromatic carbocycles. The highest BCUT2D eigenvalue weighted by Crippen LogP contribution is 2.40. The molecule has 32 heavy (non-hydrogen) atoms. The van der Waals surface area contributed by atoms with Crippen LogP contribution >= 0.6 is 0 Å². The van der Waals surface area contributed by atoms with E-state index in [2.05, 4.69) is 50.8 Å². The fourth-order valence-corrected chi connectivity index (χ4v) is 4.73. The average Bonchev–Trinajstić information content (AvgIpc) is 3.14. The predicted octanol–water partition coefficient (Wildman–Crippen LogP) is 5.77. The van der Waals surface area contributed by atoms with Crippen molar-refractivity contribution in [2.45, 2.75) is 66.7 Å². The van der Waals surface area contributed by atoms with Crippen LogP contribution in [0.4, 0.5) is 0 Å². The number of carbonyl (C=O) groups is 1. The molecule has 1 fully saturated rings. The van der Waals surface area contributed by atoms with Gasteiger partial charge in [0.25, 0.3) is 0 Å². The number of likely N-dealkylation sites (tertiary alicyclic amines) is 1. The summed E-state index contributed by atoms with van der Waals surface area (Å²) in [6.45, 7) is 14.4. The molecule has 1 heterocycles. The maximum absolute atomic E-state index is 12.1. The summed E-state index contributed by atoms with van der Waals surface area (Å²) in [5.41, 5.74) is 5.30. The van der Waals surface area contributed by atoms with E-state index < -0.39 is 0 Å². The van der Waals surface area contributed by atoms with Gasteiger partial charge in [-0.15, -0.1) is 0 Å². The molecule has 0 radical (unpaired) electrons. The van der Waals surface area contributed by atoms with Crippen LogP contribution in [0.15, 0.2) is 58.7 Å². The van der Waals surface area contributed by atoms with Crippen LogP contribution in [-0.2, 0) is 9.53 Å². The zero-order valence-electron chi connectivity index (χ0n) is 20.8. The van der Waals surface area contributed by atoms with E-state index in [9.17, 15) is 4.79 Å². The number of allylic oxidation sites excluding steroid dienone is 9. The van der Waals surface area contributed by atoms with Crippen molar-refractivity contribution < 1.29 is 14.6 Å². The van der Waals surface area contributed by atoms with Crippen molar-refractivity contribution in [2.75, 3.05) is 32.8 Å². The third kappa shape index (κ3) is 8.91. The summed E-state index contributed by atoms with van der Waals surface area (Å²) in [5.74, 6) is 0.277. The van der Waals surface area contributed by atoms with Gasteiger partial charge in [0.05, 0.1) is 13.2 Å². The molecule has 0 aromatic rings. The van der Waals surface area contributed by atoms with Gasteiger partial charge in [-0.25, -0.2) is 4.79 Å². The predicted molar refractivity (Wildman–Crippen MR) is 133 cm³/mol. The molecule has 0 aromatic heterocycles. The molecule has 0 amide bonds. The Kier molecular flexibility index (Phi) is 10.7. The van der Waals surface area contributed by atoms with Crippen molar-refractivity contribution in [3.8, 4) is 0 Å². The number of ether oxygens (including phenoxy) is 1. The number of hydrogen-bond acceptors (Lipinski definition) is 4. The first-order valence-corrected chi connectivity index (χ1v) is 12.1. The lowest BCUT2D eigenvalue weighted by atomic mass is 9.72. The number of hydrogen-bond donors (Lipinski definition) is 1. The molecule has 0 bridgehead atoms. The minimum atomic E-state index is -0.278. The van der Waals surface area contributed by atoms with Crippen molar-refractivity contribution in [3.05, 3.63) is 58.7 Å². The van der Waals surface area contributed by atoms with E-state index in [0.717, 1.165) is 38.0 Å². The molecule has 2 rings (SSSR count). The summed E-state index contributed by atoms with van der Waals surface area (Å²) in [7, 11) is 0. The quantitative estimate of drug-likeness (QED) is 0.266. The lowest BCUT2D eigenvalue weighted by Crippen LogP contribution is -2.24. The molecule has 2 aliphatic rings. The second-order valence-corrected chi connectivity index (χ2v) is 10.1. The highest BCUT2D eigenvalue weighted by atomic mass is 16.5. The maximum Gasteiger partial charge on any atom is 0.331 e. The van der Waals surface area contributed by atoms with Crippen LogP contribution in [0.3, 0.4) is 0 Å². The van der Waals surface area contributed by atoms with Gasteiger partial charge in [0.1, 0.15) is 0 Å². The molecular weight excluding hydrogens is 398 g/mol. The zero-order valence-corrected chi connectivity index (χ0v) is 20.8. The van der Waals surface area contributed by atoms with Crippen molar-refractivity contribution in [2.24, 2.45) is 11.3 Å². The Balaban J connectivity index is 1.77. The average molecular weight is 442 g/mol. The van der Waals surface area contributed by atoms with Crippen LogP contribution in [0.5, 0.6) is 0 Å². The maximum atomic E-state index is 12.1.